The number of benzene rings is 1. The number of hydrogen-bond donors (Lipinski definition) is 0. The van der Waals surface area contributed by atoms with Crippen LogP contribution >= 0.6 is 0 Å². The molecule has 1 aliphatic heterocycles. The highest BCUT2D eigenvalue weighted by atomic mass is 19.1. The van der Waals surface area contributed by atoms with Crippen molar-refractivity contribution in [3.8, 4) is 0 Å². The van der Waals surface area contributed by atoms with E-state index in [1.54, 1.807) is 45.2 Å². The summed E-state index contributed by atoms with van der Waals surface area (Å²) in [5, 5.41) is 0. The highest BCUT2D eigenvalue weighted by Gasteiger charge is 2.38. The van der Waals surface area contributed by atoms with Crippen LogP contribution in [0.1, 0.15) is 64.3 Å². The summed E-state index contributed by atoms with van der Waals surface area (Å²) in [4.78, 5) is 45.0. The highest BCUT2D eigenvalue weighted by Crippen LogP contribution is 2.24. The lowest BCUT2D eigenvalue weighted by Crippen LogP contribution is -2.49. The van der Waals surface area contributed by atoms with E-state index in [1.165, 1.54) is 20.9 Å². The van der Waals surface area contributed by atoms with Crippen molar-refractivity contribution in [2.45, 2.75) is 83.9 Å². The number of alkyl halides is 1. The number of halogens is 1. The summed E-state index contributed by atoms with van der Waals surface area (Å²) in [6, 6.07) is 11.4. The minimum absolute atomic E-state index is 0.0327. The van der Waals surface area contributed by atoms with Crippen molar-refractivity contribution in [2.75, 3.05) is 20.3 Å². The quantitative estimate of drug-likeness (QED) is 0.254. The SMILES string of the molecule is CN(C(=O)OC(C)(C)C)[C@@H](CC(C)(C)F)C(=O)O[C@H](Cc1ccc(C2=CCOCC2)cn1)C(=O)OCc1ccccc1. The number of amides is 1. The van der Waals surface area contributed by atoms with E-state index in [2.05, 4.69) is 4.98 Å². The Morgan fingerprint density at radius 2 is 1.76 bits per heavy atom. The Morgan fingerprint density at radius 1 is 1.05 bits per heavy atom. The summed E-state index contributed by atoms with van der Waals surface area (Å²) in [6.07, 6.45) is 1.80. The lowest BCUT2D eigenvalue weighted by molar-refractivity contribution is -0.172. The first-order valence-electron chi connectivity index (χ1n) is 14.0. The van der Waals surface area contributed by atoms with Gasteiger partial charge in [-0.25, -0.2) is 18.8 Å². The van der Waals surface area contributed by atoms with Crippen LogP contribution in [-0.2, 0) is 41.6 Å². The number of ether oxygens (including phenoxy) is 4. The first-order valence-corrected chi connectivity index (χ1v) is 14.0. The van der Waals surface area contributed by atoms with E-state index >= 15 is 0 Å². The molecule has 0 fully saturated rings. The molecule has 2 aromatic rings. The molecule has 0 saturated heterocycles. The third-order valence-electron chi connectivity index (χ3n) is 6.40. The number of hydrogen-bond acceptors (Lipinski definition) is 8. The van der Waals surface area contributed by atoms with E-state index in [0.717, 1.165) is 28.0 Å². The molecule has 10 heteroatoms. The number of rotatable bonds is 11. The fourth-order valence-electron chi connectivity index (χ4n) is 4.23. The van der Waals surface area contributed by atoms with Crippen LogP contribution in [-0.4, -0.2) is 71.6 Å². The molecule has 228 valence electrons. The van der Waals surface area contributed by atoms with Crippen molar-refractivity contribution in [3.63, 3.8) is 0 Å². The third kappa shape index (κ3) is 10.6. The summed E-state index contributed by atoms with van der Waals surface area (Å²) >= 11 is 0. The number of nitrogens with zero attached hydrogens (tertiary/aromatic N) is 2. The molecule has 2 atom stereocenters. The molecule has 0 radical (unpaired) electrons. The van der Waals surface area contributed by atoms with Gasteiger partial charge in [0.2, 0.25) is 6.10 Å². The molecular weight excluding hydrogens is 543 g/mol. The zero-order valence-electron chi connectivity index (χ0n) is 25.2. The molecule has 0 bridgehead atoms. The largest absolute Gasteiger partial charge is 0.458 e. The number of esters is 2. The predicted molar refractivity (Wildman–Crippen MR) is 155 cm³/mol. The molecule has 1 amide bonds. The monoisotopic (exact) mass is 584 g/mol. The number of pyridine rings is 1. The lowest BCUT2D eigenvalue weighted by atomic mass is 10.00. The second-order valence-corrected chi connectivity index (χ2v) is 11.8. The van der Waals surface area contributed by atoms with Crippen molar-refractivity contribution in [2.24, 2.45) is 0 Å². The van der Waals surface area contributed by atoms with E-state index in [1.807, 2.05) is 30.3 Å². The van der Waals surface area contributed by atoms with Crippen LogP contribution in [0.2, 0.25) is 0 Å². The Hall–Kier alpha value is -3.79. The van der Waals surface area contributed by atoms with Gasteiger partial charge in [-0.15, -0.1) is 0 Å². The summed E-state index contributed by atoms with van der Waals surface area (Å²) in [6.45, 7) is 8.77. The van der Waals surface area contributed by atoms with Crippen LogP contribution < -0.4 is 0 Å². The van der Waals surface area contributed by atoms with Crippen molar-refractivity contribution < 1.29 is 37.7 Å². The fraction of sp³-hybridized carbons (Fsp3) is 0.500. The first kappa shape index (κ1) is 32.7. The van der Waals surface area contributed by atoms with Gasteiger partial charge in [-0.05, 0) is 63.8 Å². The maximum absolute atomic E-state index is 14.8. The van der Waals surface area contributed by atoms with Crippen LogP contribution in [0.15, 0.2) is 54.7 Å². The molecular formula is C32H41FN2O7. The standard InChI is InChI=1S/C32H41FN2O7/c1-31(2,3)42-30(38)35(6)26(19-32(4,5)33)28(36)41-27(29(37)40-21-22-10-8-7-9-11-22)18-25-13-12-24(20-34-25)23-14-16-39-17-15-23/h7-14,20,26-27H,15-19,21H2,1-6H3/t26-,27+/m0/s1. The van der Waals surface area contributed by atoms with Gasteiger partial charge >= 0.3 is 18.0 Å². The average Bonchev–Trinajstić information content (AvgIpc) is 2.94. The van der Waals surface area contributed by atoms with Crippen LogP contribution in [0, 0.1) is 0 Å². The maximum atomic E-state index is 14.8. The molecule has 0 unspecified atom stereocenters. The smallest absolute Gasteiger partial charge is 0.410 e. The van der Waals surface area contributed by atoms with Crippen LogP contribution in [0.3, 0.4) is 0 Å². The van der Waals surface area contributed by atoms with Gasteiger partial charge in [-0.2, -0.15) is 0 Å². The van der Waals surface area contributed by atoms with E-state index in [-0.39, 0.29) is 19.4 Å². The minimum atomic E-state index is -1.83. The van der Waals surface area contributed by atoms with Gasteiger partial charge in [0.15, 0.2) is 0 Å². The molecule has 9 nitrogen and oxygen atoms in total. The Morgan fingerprint density at radius 3 is 2.33 bits per heavy atom. The molecule has 0 N–H and O–H groups in total. The minimum Gasteiger partial charge on any atom is -0.458 e. The average molecular weight is 585 g/mol. The molecule has 1 aliphatic rings. The van der Waals surface area contributed by atoms with E-state index in [9.17, 15) is 18.8 Å². The Kier molecular flexibility index (Phi) is 11.2. The Labute approximate surface area is 247 Å². The molecule has 0 spiro atoms. The summed E-state index contributed by atoms with van der Waals surface area (Å²) < 4.78 is 36.7. The number of likely N-dealkylation sites (N-methyl/N-ethyl adjacent to an activating group) is 1. The van der Waals surface area contributed by atoms with Crippen molar-refractivity contribution >= 4 is 23.6 Å². The zero-order valence-corrected chi connectivity index (χ0v) is 25.2. The van der Waals surface area contributed by atoms with Gasteiger partial charge in [-0.1, -0.05) is 42.5 Å². The zero-order chi connectivity index (χ0) is 30.9. The molecule has 0 saturated carbocycles. The number of aromatic nitrogens is 1. The first-order chi connectivity index (χ1) is 19.7. The fourth-order valence-corrected chi connectivity index (χ4v) is 4.23. The van der Waals surface area contributed by atoms with E-state index in [4.69, 9.17) is 18.9 Å². The maximum Gasteiger partial charge on any atom is 0.410 e. The predicted octanol–water partition coefficient (Wildman–Crippen LogP) is 5.46. The van der Waals surface area contributed by atoms with Crippen molar-refractivity contribution in [1.29, 1.82) is 0 Å². The van der Waals surface area contributed by atoms with Crippen LogP contribution in [0.4, 0.5) is 9.18 Å². The molecule has 42 heavy (non-hydrogen) atoms. The summed E-state index contributed by atoms with van der Waals surface area (Å²) in [5.74, 6) is -1.75. The Balaban J connectivity index is 1.82. The summed E-state index contributed by atoms with van der Waals surface area (Å²) in [5.41, 5.74) is 0.625. The second-order valence-electron chi connectivity index (χ2n) is 11.8. The van der Waals surface area contributed by atoms with E-state index in [0.29, 0.717) is 18.9 Å². The van der Waals surface area contributed by atoms with Crippen LogP contribution in [0.5, 0.6) is 0 Å². The van der Waals surface area contributed by atoms with E-state index < -0.39 is 41.4 Å². The lowest BCUT2D eigenvalue weighted by Gasteiger charge is -2.32. The molecule has 2 heterocycles. The van der Waals surface area contributed by atoms with Gasteiger partial charge in [0, 0.05) is 31.8 Å². The third-order valence-corrected chi connectivity index (χ3v) is 6.40. The summed E-state index contributed by atoms with van der Waals surface area (Å²) in [7, 11) is 1.33. The van der Waals surface area contributed by atoms with Crippen LogP contribution in [0.25, 0.3) is 5.57 Å². The van der Waals surface area contributed by atoms with Crippen molar-refractivity contribution in [1.82, 2.24) is 9.88 Å². The second kappa shape index (κ2) is 14.4. The van der Waals surface area contributed by atoms with Gasteiger partial charge in [0.05, 0.1) is 13.2 Å². The number of carbonyl (C=O) groups is 3. The molecule has 1 aromatic carbocycles. The molecule has 3 rings (SSSR count). The van der Waals surface area contributed by atoms with Gasteiger partial charge in [0.1, 0.15) is 23.9 Å². The molecule has 0 aliphatic carbocycles. The van der Waals surface area contributed by atoms with Gasteiger partial charge in [-0.3, -0.25) is 9.88 Å². The normalized spacial score (nSPS) is 15.2. The topological polar surface area (TPSA) is 104 Å². The number of carbonyl (C=O) groups excluding carboxylic acids is 3. The molecule has 1 aromatic heterocycles. The van der Waals surface area contributed by atoms with Gasteiger partial charge in [0.25, 0.3) is 0 Å². The van der Waals surface area contributed by atoms with Gasteiger partial charge < -0.3 is 18.9 Å². The van der Waals surface area contributed by atoms with Crippen molar-refractivity contribution in [3.05, 3.63) is 71.6 Å². The Bertz CT molecular complexity index is 1230. The highest BCUT2D eigenvalue weighted by molar-refractivity contribution is 5.85.